The first-order valence-electron chi connectivity index (χ1n) is 8.87. The lowest BCUT2D eigenvalue weighted by molar-refractivity contribution is 0.0687. The SMILES string of the molecule is O=C(c1cc(-c2ccncc2)on1)N1CCN(S(=O)(=O)c2ccc(F)cc2)CC1. The predicted octanol–water partition coefficient (Wildman–Crippen LogP) is 2.02. The Morgan fingerprint density at radius 1 is 1.00 bits per heavy atom. The van der Waals surface area contributed by atoms with Crippen LogP contribution in [0.1, 0.15) is 10.5 Å². The van der Waals surface area contributed by atoms with E-state index in [4.69, 9.17) is 4.52 Å². The van der Waals surface area contributed by atoms with E-state index in [2.05, 4.69) is 10.1 Å². The second kappa shape index (κ2) is 7.72. The normalized spacial score (nSPS) is 15.4. The molecule has 0 spiro atoms. The van der Waals surface area contributed by atoms with Gasteiger partial charge in [-0.15, -0.1) is 0 Å². The summed E-state index contributed by atoms with van der Waals surface area (Å²) in [6.45, 7) is 0.717. The van der Waals surface area contributed by atoms with E-state index in [1.54, 1.807) is 30.6 Å². The number of hydrogen-bond donors (Lipinski definition) is 0. The zero-order valence-corrected chi connectivity index (χ0v) is 16.0. The van der Waals surface area contributed by atoms with Crippen molar-refractivity contribution in [1.29, 1.82) is 0 Å². The van der Waals surface area contributed by atoms with Gasteiger partial charge in [-0.2, -0.15) is 4.31 Å². The van der Waals surface area contributed by atoms with Crippen molar-refractivity contribution in [3.8, 4) is 11.3 Å². The van der Waals surface area contributed by atoms with E-state index in [0.717, 1.165) is 17.7 Å². The number of nitrogens with zero attached hydrogens (tertiary/aromatic N) is 4. The van der Waals surface area contributed by atoms with Gasteiger partial charge in [0.2, 0.25) is 10.0 Å². The molecule has 1 aromatic carbocycles. The first kappa shape index (κ1) is 19.2. The molecule has 1 aliphatic rings. The molecule has 3 heterocycles. The maximum absolute atomic E-state index is 13.1. The third-order valence-corrected chi connectivity index (χ3v) is 6.58. The van der Waals surface area contributed by atoms with E-state index in [-0.39, 0.29) is 42.7 Å². The molecule has 3 aromatic rings. The van der Waals surface area contributed by atoms with Gasteiger partial charge in [0.1, 0.15) is 5.82 Å². The van der Waals surface area contributed by atoms with E-state index in [0.29, 0.717) is 5.76 Å². The average molecular weight is 416 g/mol. The molecule has 0 saturated carbocycles. The van der Waals surface area contributed by atoms with E-state index < -0.39 is 15.8 Å². The van der Waals surface area contributed by atoms with Gasteiger partial charge in [-0.1, -0.05) is 5.16 Å². The second-order valence-corrected chi connectivity index (χ2v) is 8.40. The third-order valence-electron chi connectivity index (χ3n) is 4.67. The van der Waals surface area contributed by atoms with Crippen molar-refractivity contribution in [1.82, 2.24) is 19.3 Å². The van der Waals surface area contributed by atoms with E-state index in [9.17, 15) is 17.6 Å². The summed E-state index contributed by atoms with van der Waals surface area (Å²) in [5.74, 6) is -0.376. The number of sulfonamides is 1. The number of carbonyl (C=O) groups excluding carboxylic acids is 1. The largest absolute Gasteiger partial charge is 0.355 e. The van der Waals surface area contributed by atoms with Crippen molar-refractivity contribution in [2.75, 3.05) is 26.2 Å². The first-order chi connectivity index (χ1) is 13.9. The molecule has 1 amide bonds. The van der Waals surface area contributed by atoms with Crippen molar-refractivity contribution in [2.24, 2.45) is 0 Å². The number of halogens is 1. The molecule has 0 bridgehead atoms. The monoisotopic (exact) mass is 416 g/mol. The van der Waals surface area contributed by atoms with Gasteiger partial charge in [0, 0.05) is 50.2 Å². The van der Waals surface area contributed by atoms with Crippen LogP contribution in [-0.2, 0) is 10.0 Å². The summed E-state index contributed by atoms with van der Waals surface area (Å²) in [5.41, 5.74) is 0.911. The van der Waals surface area contributed by atoms with Gasteiger partial charge >= 0.3 is 0 Å². The van der Waals surface area contributed by atoms with Crippen LogP contribution in [0.5, 0.6) is 0 Å². The lowest BCUT2D eigenvalue weighted by Crippen LogP contribution is -2.50. The molecule has 0 N–H and O–H groups in total. The Kier molecular flexibility index (Phi) is 5.12. The van der Waals surface area contributed by atoms with Gasteiger partial charge in [-0.25, -0.2) is 12.8 Å². The topological polar surface area (TPSA) is 96.6 Å². The lowest BCUT2D eigenvalue weighted by Gasteiger charge is -2.33. The molecule has 0 atom stereocenters. The van der Waals surface area contributed by atoms with Crippen LogP contribution >= 0.6 is 0 Å². The van der Waals surface area contributed by atoms with Crippen LogP contribution < -0.4 is 0 Å². The molecule has 4 rings (SSSR count). The van der Waals surface area contributed by atoms with E-state index in [1.165, 1.54) is 21.3 Å². The van der Waals surface area contributed by atoms with Crippen LogP contribution in [-0.4, -0.2) is 59.8 Å². The second-order valence-electron chi connectivity index (χ2n) is 6.46. The molecule has 1 fully saturated rings. The van der Waals surface area contributed by atoms with Crippen molar-refractivity contribution >= 4 is 15.9 Å². The van der Waals surface area contributed by atoms with Crippen LogP contribution in [0.3, 0.4) is 0 Å². The fraction of sp³-hybridized carbons (Fsp3) is 0.211. The zero-order chi connectivity index (χ0) is 20.4. The number of carbonyl (C=O) groups is 1. The number of hydrogen-bond acceptors (Lipinski definition) is 6. The molecule has 10 heteroatoms. The van der Waals surface area contributed by atoms with Crippen LogP contribution in [0.25, 0.3) is 11.3 Å². The Balaban J connectivity index is 1.42. The van der Waals surface area contributed by atoms with Crippen molar-refractivity contribution < 1.29 is 22.1 Å². The van der Waals surface area contributed by atoms with Crippen LogP contribution in [0.2, 0.25) is 0 Å². The Hall–Kier alpha value is -3.11. The summed E-state index contributed by atoms with van der Waals surface area (Å²) < 4.78 is 44.9. The van der Waals surface area contributed by atoms with Crippen molar-refractivity contribution in [2.45, 2.75) is 4.90 Å². The number of benzene rings is 1. The fourth-order valence-corrected chi connectivity index (χ4v) is 4.50. The minimum absolute atomic E-state index is 0.0252. The van der Waals surface area contributed by atoms with Gasteiger partial charge in [0.25, 0.3) is 5.91 Å². The Morgan fingerprint density at radius 3 is 2.31 bits per heavy atom. The van der Waals surface area contributed by atoms with Crippen molar-refractivity contribution in [3.05, 3.63) is 66.4 Å². The number of aromatic nitrogens is 2. The molecule has 1 aliphatic heterocycles. The average Bonchev–Trinajstić information content (AvgIpc) is 3.24. The fourth-order valence-electron chi connectivity index (χ4n) is 3.08. The number of pyridine rings is 1. The molecule has 0 aliphatic carbocycles. The molecule has 0 unspecified atom stereocenters. The molecular formula is C19H17FN4O4S. The summed E-state index contributed by atoms with van der Waals surface area (Å²) in [4.78, 5) is 18.2. The highest BCUT2D eigenvalue weighted by Crippen LogP contribution is 2.22. The number of piperazine rings is 1. The maximum Gasteiger partial charge on any atom is 0.276 e. The van der Waals surface area contributed by atoms with Gasteiger partial charge < -0.3 is 9.42 Å². The minimum Gasteiger partial charge on any atom is -0.355 e. The Labute approximate surface area is 166 Å². The maximum atomic E-state index is 13.1. The molecule has 29 heavy (non-hydrogen) atoms. The highest BCUT2D eigenvalue weighted by Gasteiger charge is 2.31. The summed E-state index contributed by atoms with van der Waals surface area (Å²) in [6.07, 6.45) is 3.22. The number of rotatable bonds is 4. The van der Waals surface area contributed by atoms with Gasteiger partial charge in [-0.3, -0.25) is 9.78 Å². The summed E-state index contributed by atoms with van der Waals surface area (Å²) in [5, 5.41) is 3.84. The highest BCUT2D eigenvalue weighted by atomic mass is 32.2. The summed E-state index contributed by atoms with van der Waals surface area (Å²) >= 11 is 0. The van der Waals surface area contributed by atoms with E-state index >= 15 is 0 Å². The van der Waals surface area contributed by atoms with Crippen LogP contribution in [0.4, 0.5) is 4.39 Å². The summed E-state index contributed by atoms with van der Waals surface area (Å²) in [6, 6.07) is 9.73. The quantitative estimate of drug-likeness (QED) is 0.646. The van der Waals surface area contributed by atoms with Crippen LogP contribution in [0.15, 0.2) is 64.3 Å². The first-order valence-corrected chi connectivity index (χ1v) is 10.3. The lowest BCUT2D eigenvalue weighted by atomic mass is 10.2. The Bertz CT molecular complexity index is 1110. The number of amides is 1. The van der Waals surface area contributed by atoms with Crippen LogP contribution in [0, 0.1) is 5.82 Å². The third kappa shape index (κ3) is 3.89. The standard InChI is InChI=1S/C19H17FN4O4S/c20-15-1-3-16(4-2-15)29(26,27)24-11-9-23(10-12-24)19(25)17-13-18(28-22-17)14-5-7-21-8-6-14/h1-8,13H,9-12H2. The molecular weight excluding hydrogens is 399 g/mol. The van der Waals surface area contributed by atoms with Crippen molar-refractivity contribution in [3.63, 3.8) is 0 Å². The predicted molar refractivity (Wildman–Crippen MR) is 101 cm³/mol. The van der Waals surface area contributed by atoms with Gasteiger partial charge in [-0.05, 0) is 36.4 Å². The molecule has 2 aromatic heterocycles. The van der Waals surface area contributed by atoms with Gasteiger partial charge in [0.15, 0.2) is 11.5 Å². The van der Waals surface area contributed by atoms with E-state index in [1.807, 2.05) is 0 Å². The van der Waals surface area contributed by atoms with Gasteiger partial charge in [0.05, 0.1) is 4.90 Å². The zero-order valence-electron chi connectivity index (χ0n) is 15.2. The smallest absolute Gasteiger partial charge is 0.276 e. The molecule has 0 radical (unpaired) electrons. The minimum atomic E-state index is -3.74. The molecule has 150 valence electrons. The molecule has 1 saturated heterocycles. The molecule has 8 nitrogen and oxygen atoms in total. The summed E-state index contributed by atoms with van der Waals surface area (Å²) in [7, 11) is -3.74. The Morgan fingerprint density at radius 2 is 1.66 bits per heavy atom. The highest BCUT2D eigenvalue weighted by molar-refractivity contribution is 7.89.